The number of ether oxygens (including phenoxy) is 2. The van der Waals surface area contributed by atoms with E-state index in [4.69, 9.17) is 9.47 Å². The summed E-state index contributed by atoms with van der Waals surface area (Å²) in [4.78, 5) is 11.9. The molecule has 2 aromatic carbocycles. The zero-order valence-electron chi connectivity index (χ0n) is 18.0. The van der Waals surface area contributed by atoms with Gasteiger partial charge in [-0.3, -0.25) is 0 Å². The van der Waals surface area contributed by atoms with Crippen molar-refractivity contribution in [3.8, 4) is 28.8 Å². The molecule has 2 aromatic heterocycles. The van der Waals surface area contributed by atoms with Gasteiger partial charge in [-0.25, -0.2) is 23.1 Å². The average Bonchev–Trinajstić information content (AvgIpc) is 2.84. The van der Waals surface area contributed by atoms with Crippen molar-refractivity contribution < 1.29 is 31.1 Å². The Morgan fingerprint density at radius 3 is 2.20 bits per heavy atom. The number of pyridine rings is 1. The van der Waals surface area contributed by atoms with E-state index in [1.54, 1.807) is 36.4 Å². The second-order valence-electron chi connectivity index (χ2n) is 7.03. The number of benzene rings is 2. The Hall–Kier alpha value is -4.19. The molecule has 8 nitrogen and oxygen atoms in total. The maximum Gasteiger partial charge on any atom is 0.417 e. The number of nitrogens with zero attached hydrogens (tertiary/aromatic N) is 3. The summed E-state index contributed by atoms with van der Waals surface area (Å²) in [7, 11) is -2.87. The molecule has 0 aliphatic heterocycles. The lowest BCUT2D eigenvalue weighted by atomic mass is 10.1. The van der Waals surface area contributed by atoms with E-state index in [-0.39, 0.29) is 27.9 Å². The Balaban J connectivity index is 1.84. The van der Waals surface area contributed by atoms with E-state index in [9.17, 15) is 21.6 Å². The maximum atomic E-state index is 13.3. The van der Waals surface area contributed by atoms with Gasteiger partial charge in [0.2, 0.25) is 17.7 Å². The summed E-state index contributed by atoms with van der Waals surface area (Å²) < 4.78 is 78.7. The molecule has 0 aliphatic carbocycles. The van der Waals surface area contributed by atoms with Crippen LogP contribution in [-0.2, 0) is 16.2 Å². The van der Waals surface area contributed by atoms with Gasteiger partial charge in [-0.1, -0.05) is 36.4 Å². The number of methoxy groups -OCH3 is 1. The predicted octanol–water partition coefficient (Wildman–Crippen LogP) is 5.16. The van der Waals surface area contributed by atoms with E-state index in [0.717, 1.165) is 6.07 Å². The summed E-state index contributed by atoms with van der Waals surface area (Å²) in [5.74, 6) is -0.328. The lowest BCUT2D eigenvalue weighted by Gasteiger charge is -2.14. The molecule has 1 N–H and O–H groups in total. The molecule has 0 bridgehead atoms. The number of aromatic nitrogens is 3. The van der Waals surface area contributed by atoms with Gasteiger partial charge in [0.15, 0.2) is 0 Å². The highest BCUT2D eigenvalue weighted by molar-refractivity contribution is 7.92. The molecule has 0 aliphatic rings. The summed E-state index contributed by atoms with van der Waals surface area (Å²) in [6.07, 6.45) is -4.05. The molecular weight excluding hydrogens is 485 g/mol. The van der Waals surface area contributed by atoms with Crippen molar-refractivity contribution in [2.24, 2.45) is 0 Å². The molecule has 0 spiro atoms. The third-order valence-electron chi connectivity index (χ3n) is 4.60. The normalized spacial score (nSPS) is 11.7. The van der Waals surface area contributed by atoms with E-state index in [1.807, 2.05) is 0 Å². The molecule has 0 atom stereocenters. The Morgan fingerprint density at radius 2 is 1.57 bits per heavy atom. The Morgan fingerprint density at radius 1 is 0.914 bits per heavy atom. The van der Waals surface area contributed by atoms with E-state index < -0.39 is 27.7 Å². The topological polar surface area (TPSA) is 103 Å². The van der Waals surface area contributed by atoms with E-state index >= 15 is 0 Å². The first-order chi connectivity index (χ1) is 16.7. The fourth-order valence-corrected chi connectivity index (χ4v) is 3.97. The molecule has 180 valence electrons. The largest absolute Gasteiger partial charge is 0.481 e. The molecule has 0 saturated carbocycles. The van der Waals surface area contributed by atoms with E-state index in [2.05, 4.69) is 19.7 Å². The number of halogens is 3. The van der Waals surface area contributed by atoms with Gasteiger partial charge in [0.05, 0.1) is 28.8 Å². The van der Waals surface area contributed by atoms with Crippen LogP contribution in [0.5, 0.6) is 17.5 Å². The van der Waals surface area contributed by atoms with Crippen LogP contribution in [0.4, 0.5) is 19.1 Å². The van der Waals surface area contributed by atoms with Gasteiger partial charge >= 0.3 is 6.18 Å². The first-order valence-corrected chi connectivity index (χ1v) is 11.5. The third-order valence-corrected chi connectivity index (χ3v) is 5.94. The van der Waals surface area contributed by atoms with Crippen LogP contribution in [0, 0.1) is 0 Å². The Kier molecular flexibility index (Phi) is 6.56. The van der Waals surface area contributed by atoms with Crippen LogP contribution in [0.25, 0.3) is 11.3 Å². The van der Waals surface area contributed by atoms with Gasteiger partial charge < -0.3 is 9.47 Å². The molecule has 4 rings (SSSR count). The Labute approximate surface area is 198 Å². The highest BCUT2D eigenvalue weighted by atomic mass is 32.2. The fraction of sp³-hybridized carbons (Fsp3) is 0.0870. The zero-order valence-corrected chi connectivity index (χ0v) is 18.8. The summed E-state index contributed by atoms with van der Waals surface area (Å²) in [5.41, 5.74) is -1.28. The highest BCUT2D eigenvalue weighted by Gasteiger charge is 2.32. The predicted molar refractivity (Wildman–Crippen MR) is 121 cm³/mol. The molecule has 2 heterocycles. The average molecular weight is 502 g/mol. The van der Waals surface area contributed by atoms with Gasteiger partial charge in [-0.15, -0.1) is 0 Å². The zero-order chi connectivity index (χ0) is 25.1. The lowest BCUT2D eigenvalue weighted by molar-refractivity contribution is -0.137. The van der Waals surface area contributed by atoms with Gasteiger partial charge in [-0.05, 0) is 30.3 Å². The number of para-hydroxylation sites is 1. The first kappa shape index (κ1) is 24.0. The minimum absolute atomic E-state index is 0.0575. The lowest BCUT2D eigenvalue weighted by Crippen LogP contribution is -2.15. The molecule has 0 saturated heterocycles. The van der Waals surface area contributed by atoms with Crippen LogP contribution in [0.1, 0.15) is 5.56 Å². The second-order valence-corrected chi connectivity index (χ2v) is 8.71. The molecule has 0 radical (unpaired) electrons. The third kappa shape index (κ3) is 5.66. The summed E-state index contributed by atoms with van der Waals surface area (Å²) in [5, 5.41) is 0. The van der Waals surface area contributed by atoms with Crippen molar-refractivity contribution in [3.63, 3.8) is 0 Å². The Bertz CT molecular complexity index is 1430. The van der Waals surface area contributed by atoms with Crippen LogP contribution < -0.4 is 14.2 Å². The molecule has 12 heteroatoms. The quantitative estimate of drug-likeness (QED) is 0.372. The van der Waals surface area contributed by atoms with Crippen molar-refractivity contribution in [3.05, 3.63) is 84.6 Å². The number of hydrogen-bond donors (Lipinski definition) is 1. The van der Waals surface area contributed by atoms with Gasteiger partial charge in [0.1, 0.15) is 5.75 Å². The molecule has 35 heavy (non-hydrogen) atoms. The summed E-state index contributed by atoms with van der Waals surface area (Å²) in [6.45, 7) is 0. The molecule has 0 amide bonds. The monoisotopic (exact) mass is 502 g/mol. The van der Waals surface area contributed by atoms with E-state index in [0.29, 0.717) is 11.9 Å². The van der Waals surface area contributed by atoms with Crippen LogP contribution >= 0.6 is 0 Å². The van der Waals surface area contributed by atoms with Gasteiger partial charge in [0.25, 0.3) is 10.0 Å². The number of hydrogen-bond acceptors (Lipinski definition) is 7. The summed E-state index contributed by atoms with van der Waals surface area (Å²) in [6, 6.07) is 17.9. The van der Waals surface area contributed by atoms with Gasteiger partial charge in [-0.2, -0.15) is 18.2 Å². The smallest absolute Gasteiger partial charge is 0.417 e. The SMILES string of the molecule is COc1ncc(C(F)(F)F)cc1-c1cc(Oc2ccccc2)nc(NS(=O)(=O)c2ccccc2)n1. The minimum atomic E-state index is -4.68. The maximum absolute atomic E-state index is 13.3. The van der Waals surface area contributed by atoms with Crippen molar-refractivity contribution in [2.75, 3.05) is 11.8 Å². The van der Waals surface area contributed by atoms with Crippen LogP contribution in [0.2, 0.25) is 0 Å². The van der Waals surface area contributed by atoms with Crippen LogP contribution in [-0.4, -0.2) is 30.5 Å². The number of nitrogens with one attached hydrogen (secondary N) is 1. The highest BCUT2D eigenvalue weighted by Crippen LogP contribution is 2.36. The van der Waals surface area contributed by atoms with Crippen molar-refractivity contribution >= 4 is 16.0 Å². The standard InChI is InChI=1S/C23H17F3N4O4S/c1-33-21-18(12-15(14-27-21)23(24,25)26)19-13-20(34-16-8-4-2-5-9-16)29-22(28-19)30-35(31,32)17-10-6-3-7-11-17/h2-14H,1H3,(H,28,29,30). The molecule has 0 fully saturated rings. The number of sulfonamides is 1. The number of alkyl halides is 3. The molecule has 4 aromatic rings. The van der Waals surface area contributed by atoms with Crippen molar-refractivity contribution in [1.29, 1.82) is 0 Å². The van der Waals surface area contributed by atoms with Crippen molar-refractivity contribution in [1.82, 2.24) is 15.0 Å². The second kappa shape index (κ2) is 9.58. The molecular formula is C23H17F3N4O4S. The minimum Gasteiger partial charge on any atom is -0.481 e. The first-order valence-electron chi connectivity index (χ1n) is 9.97. The summed E-state index contributed by atoms with van der Waals surface area (Å²) >= 11 is 0. The number of anilines is 1. The van der Waals surface area contributed by atoms with Crippen LogP contribution in [0.3, 0.4) is 0 Å². The van der Waals surface area contributed by atoms with Crippen molar-refractivity contribution in [2.45, 2.75) is 11.1 Å². The van der Waals surface area contributed by atoms with Gasteiger partial charge in [0, 0.05) is 12.3 Å². The fourth-order valence-electron chi connectivity index (χ4n) is 3.00. The number of rotatable bonds is 7. The van der Waals surface area contributed by atoms with Crippen LogP contribution in [0.15, 0.2) is 83.9 Å². The van der Waals surface area contributed by atoms with E-state index in [1.165, 1.54) is 37.4 Å². The molecule has 0 unspecified atom stereocenters.